The van der Waals surface area contributed by atoms with Crippen molar-refractivity contribution in [2.45, 2.75) is 13.0 Å². The molecule has 1 aliphatic heterocycles. The number of ether oxygens (including phenoxy) is 2. The van der Waals surface area contributed by atoms with Crippen LogP contribution in [0.3, 0.4) is 0 Å². The highest BCUT2D eigenvalue weighted by Crippen LogP contribution is 2.31. The minimum absolute atomic E-state index is 0.761. The van der Waals surface area contributed by atoms with Crippen molar-refractivity contribution in [2.24, 2.45) is 0 Å². The zero-order valence-corrected chi connectivity index (χ0v) is 16.5. The normalized spacial score (nSPS) is 13.0. The maximum atomic E-state index is 8.63. The van der Waals surface area contributed by atoms with Gasteiger partial charge in [0, 0.05) is 17.5 Å². The van der Waals surface area contributed by atoms with Gasteiger partial charge in [-0.2, -0.15) is 0 Å². The molecule has 0 saturated carbocycles. The highest BCUT2D eigenvalue weighted by molar-refractivity contribution is 7.79. The highest BCUT2D eigenvalue weighted by atomic mass is 35.5. The molecule has 2 aromatic carbocycles. The lowest BCUT2D eigenvalue weighted by Crippen LogP contribution is -2.22. The van der Waals surface area contributed by atoms with E-state index < -0.39 is 10.4 Å². The summed E-state index contributed by atoms with van der Waals surface area (Å²) in [6.07, 6.45) is 3.15. The minimum Gasteiger partial charge on any atom is -0.726 e. The summed E-state index contributed by atoms with van der Waals surface area (Å²) in [6.45, 7) is 1.78. The third-order valence-electron chi connectivity index (χ3n) is 3.97. The van der Waals surface area contributed by atoms with Crippen LogP contribution >= 0.6 is 11.6 Å². The summed E-state index contributed by atoms with van der Waals surface area (Å²) < 4.78 is 45.9. The molecule has 0 atom stereocenters. The molecule has 3 rings (SSSR count). The summed E-state index contributed by atoms with van der Waals surface area (Å²) in [5.74, 6) is 1.55. The zero-order valence-electron chi connectivity index (χ0n) is 14.9. The number of benzene rings is 2. The molecule has 0 saturated heterocycles. The predicted octanol–water partition coefficient (Wildman–Crippen LogP) is 2.55. The van der Waals surface area contributed by atoms with E-state index in [4.69, 9.17) is 38.6 Å². The van der Waals surface area contributed by atoms with E-state index in [-0.39, 0.29) is 0 Å². The van der Waals surface area contributed by atoms with Crippen molar-refractivity contribution in [2.75, 3.05) is 20.8 Å². The van der Waals surface area contributed by atoms with E-state index in [1.165, 1.54) is 11.1 Å². The second-order valence-corrected chi connectivity index (χ2v) is 7.04. The van der Waals surface area contributed by atoms with E-state index in [1.807, 2.05) is 24.3 Å². The van der Waals surface area contributed by atoms with Gasteiger partial charge < -0.3 is 14.0 Å². The maximum Gasteiger partial charge on any atom is 0.215 e. The average Bonchev–Trinajstić information content (AvgIpc) is 2.61. The van der Waals surface area contributed by atoms with Gasteiger partial charge in [-0.3, -0.25) is 4.55 Å². The molecular weight excluding hydrogens is 394 g/mol. The van der Waals surface area contributed by atoms with Gasteiger partial charge in [0.2, 0.25) is 10.4 Å². The Morgan fingerprint density at radius 2 is 1.78 bits per heavy atom. The molecule has 7 nitrogen and oxygen atoms in total. The standard InChI is InChI=1S/C18H19ClNO2.H2O4S/c1-21-17-9-13-7-8-20(12-15(13)10-18(17)22-2)11-14-5-3-4-6-16(14)19;1-5(2,3)4/h3-6,9-10,12H,7-8,11H2,1-2H3;(H2,1,2,3,4)/q+1;/p-1. The highest BCUT2D eigenvalue weighted by Gasteiger charge is 2.20. The first kappa shape index (κ1) is 21.2. The maximum absolute atomic E-state index is 8.63. The Balaban J connectivity index is 0.000000465. The van der Waals surface area contributed by atoms with Crippen molar-refractivity contribution >= 4 is 28.2 Å². The number of nitrogens with zero attached hydrogens (tertiary/aromatic N) is 1. The van der Waals surface area contributed by atoms with Gasteiger partial charge in [-0.25, -0.2) is 13.0 Å². The minimum atomic E-state index is -4.92. The van der Waals surface area contributed by atoms with Crippen molar-refractivity contribution < 1.29 is 31.6 Å². The Morgan fingerprint density at radius 1 is 1.19 bits per heavy atom. The van der Waals surface area contributed by atoms with E-state index in [1.54, 1.807) is 14.2 Å². The predicted molar refractivity (Wildman–Crippen MR) is 101 cm³/mol. The smallest absolute Gasteiger partial charge is 0.215 e. The Hall–Kier alpha value is -2.13. The summed E-state index contributed by atoms with van der Waals surface area (Å²) in [5, 5.41) is 0.814. The van der Waals surface area contributed by atoms with Gasteiger partial charge in [-0.15, -0.1) is 0 Å². The van der Waals surface area contributed by atoms with Gasteiger partial charge in [0.25, 0.3) is 0 Å². The summed E-state index contributed by atoms with van der Waals surface area (Å²) in [5.41, 5.74) is 3.60. The van der Waals surface area contributed by atoms with Crippen LogP contribution in [0, 0.1) is 0 Å². The molecule has 9 heteroatoms. The molecule has 0 bridgehead atoms. The van der Waals surface area contributed by atoms with Crippen LogP contribution in [0.15, 0.2) is 36.4 Å². The van der Waals surface area contributed by atoms with Crippen molar-refractivity contribution in [1.29, 1.82) is 0 Å². The zero-order chi connectivity index (χ0) is 20.0. The van der Waals surface area contributed by atoms with Gasteiger partial charge in [0.1, 0.15) is 6.54 Å². The quantitative estimate of drug-likeness (QED) is 0.470. The molecule has 0 spiro atoms. The Morgan fingerprint density at radius 3 is 2.37 bits per heavy atom. The number of halogens is 1. The van der Waals surface area contributed by atoms with Crippen LogP contribution in [0.25, 0.3) is 0 Å². The lowest BCUT2D eigenvalue weighted by Gasteiger charge is -2.16. The summed E-state index contributed by atoms with van der Waals surface area (Å²) >= 11 is 6.25. The van der Waals surface area contributed by atoms with Gasteiger partial charge in [0.05, 0.1) is 19.2 Å². The molecule has 0 aromatic heterocycles. The van der Waals surface area contributed by atoms with Gasteiger partial charge in [0.15, 0.2) is 24.3 Å². The van der Waals surface area contributed by atoms with Gasteiger partial charge >= 0.3 is 0 Å². The molecule has 1 heterocycles. The lowest BCUT2D eigenvalue weighted by molar-refractivity contribution is -0.540. The molecule has 2 aromatic rings. The first-order valence-corrected chi connectivity index (χ1v) is 9.71. The van der Waals surface area contributed by atoms with E-state index >= 15 is 0 Å². The molecular formula is C18H20ClNO6S. The molecule has 0 amide bonds. The van der Waals surface area contributed by atoms with Gasteiger partial charge in [-0.1, -0.05) is 29.8 Å². The number of fused-ring (bicyclic) bond motifs is 1. The molecule has 0 radical (unpaired) electrons. The topological polar surface area (TPSA) is 98.9 Å². The molecule has 0 unspecified atom stereocenters. The first-order chi connectivity index (χ1) is 12.7. The molecule has 0 aliphatic carbocycles. The molecule has 27 heavy (non-hydrogen) atoms. The van der Waals surface area contributed by atoms with Crippen molar-refractivity contribution in [3.63, 3.8) is 0 Å². The summed E-state index contributed by atoms with van der Waals surface area (Å²) in [6, 6.07) is 12.1. The van der Waals surface area contributed by atoms with Crippen LogP contribution < -0.4 is 9.47 Å². The molecule has 0 fully saturated rings. The number of rotatable bonds is 4. The molecule has 146 valence electrons. The second-order valence-electron chi connectivity index (χ2n) is 5.77. The van der Waals surface area contributed by atoms with E-state index in [0.717, 1.165) is 41.6 Å². The number of hydrogen-bond acceptors (Lipinski definition) is 5. The van der Waals surface area contributed by atoms with Gasteiger partial charge in [-0.05, 0) is 23.8 Å². The summed E-state index contributed by atoms with van der Waals surface area (Å²) in [4.78, 5) is 0. The molecule has 1 N–H and O–H groups in total. The van der Waals surface area contributed by atoms with Crippen molar-refractivity contribution in [3.05, 3.63) is 58.1 Å². The van der Waals surface area contributed by atoms with E-state index in [0.29, 0.717) is 0 Å². The Kier molecular flexibility index (Phi) is 7.20. The van der Waals surface area contributed by atoms with Crippen LogP contribution in [0.5, 0.6) is 11.5 Å². The second kappa shape index (κ2) is 9.18. The average molecular weight is 414 g/mol. The van der Waals surface area contributed by atoms with Crippen LogP contribution in [-0.2, 0) is 23.4 Å². The summed E-state index contributed by atoms with van der Waals surface area (Å²) in [7, 11) is -1.59. The van der Waals surface area contributed by atoms with Crippen LogP contribution in [0.2, 0.25) is 5.02 Å². The fourth-order valence-corrected chi connectivity index (χ4v) is 2.96. The lowest BCUT2D eigenvalue weighted by atomic mass is 10.0. The van der Waals surface area contributed by atoms with Crippen molar-refractivity contribution in [1.82, 2.24) is 0 Å². The SMILES string of the molecule is COc1cc2c(cc1OC)CC[N+](Cc1ccccc1Cl)=C2.O=S(=O)([O-])O. The third-order valence-corrected chi connectivity index (χ3v) is 4.34. The molecule has 1 aliphatic rings. The Bertz CT molecular complexity index is 935. The number of methoxy groups -OCH3 is 2. The first-order valence-electron chi connectivity index (χ1n) is 7.96. The van der Waals surface area contributed by atoms with Crippen LogP contribution in [0.1, 0.15) is 16.7 Å². The van der Waals surface area contributed by atoms with E-state index in [9.17, 15) is 0 Å². The van der Waals surface area contributed by atoms with Crippen molar-refractivity contribution in [3.8, 4) is 11.5 Å². The largest absolute Gasteiger partial charge is 0.726 e. The van der Waals surface area contributed by atoms with E-state index in [2.05, 4.69) is 22.9 Å². The monoisotopic (exact) mass is 413 g/mol. The van der Waals surface area contributed by atoms with Crippen LogP contribution in [0.4, 0.5) is 0 Å². The third kappa shape index (κ3) is 6.51. The Labute approximate surface area is 163 Å². The van der Waals surface area contributed by atoms with Crippen LogP contribution in [-0.4, -0.2) is 49.1 Å². The fourth-order valence-electron chi connectivity index (χ4n) is 2.77. The fraction of sp³-hybridized carbons (Fsp3) is 0.278. The number of hydrogen-bond donors (Lipinski definition) is 1.